The van der Waals surface area contributed by atoms with Crippen LogP contribution in [0.15, 0.2) is 30.3 Å². The normalized spacial score (nSPS) is 19.0. The highest BCUT2D eigenvalue weighted by Gasteiger charge is 2.21. The molecule has 1 heterocycles. The van der Waals surface area contributed by atoms with Gasteiger partial charge < -0.3 is 10.0 Å². The molecule has 1 unspecified atom stereocenters. The molecular weight excluding hydrogens is 252 g/mol. The molecule has 1 saturated heterocycles. The number of piperidine rings is 1. The first-order valence-electron chi connectivity index (χ1n) is 6.81. The number of benzene rings is 1. The van der Waals surface area contributed by atoms with Crippen molar-refractivity contribution in [2.24, 2.45) is 5.92 Å². The Hall–Kier alpha value is -2.12. The van der Waals surface area contributed by atoms with Gasteiger partial charge in [0.1, 0.15) is 0 Å². The first kappa shape index (κ1) is 14.3. The van der Waals surface area contributed by atoms with Crippen molar-refractivity contribution in [3.05, 3.63) is 41.5 Å². The fraction of sp³-hybridized carbons (Fsp3) is 0.375. The minimum atomic E-state index is -0.0366. The molecule has 0 bridgehead atoms. The van der Waals surface area contributed by atoms with Gasteiger partial charge in [-0.25, -0.2) is 0 Å². The molecule has 1 aliphatic heterocycles. The summed E-state index contributed by atoms with van der Waals surface area (Å²) in [5.74, 6) is 0.161. The predicted octanol–water partition coefficient (Wildman–Crippen LogP) is 1.80. The van der Waals surface area contributed by atoms with Crippen LogP contribution in [0.4, 0.5) is 0 Å². The minimum absolute atomic E-state index is 0.0366. The highest BCUT2D eigenvalue weighted by Crippen LogP contribution is 2.16. The molecule has 1 amide bonds. The zero-order valence-electron chi connectivity index (χ0n) is 11.3. The zero-order chi connectivity index (χ0) is 14.4. The van der Waals surface area contributed by atoms with Crippen LogP contribution in [-0.4, -0.2) is 35.6 Å². The van der Waals surface area contributed by atoms with Crippen LogP contribution in [0, 0.1) is 17.2 Å². The largest absolute Gasteiger partial charge is 0.396 e. The maximum atomic E-state index is 12.1. The van der Waals surface area contributed by atoms with Gasteiger partial charge in [-0.3, -0.25) is 4.79 Å². The summed E-state index contributed by atoms with van der Waals surface area (Å²) in [5, 5.41) is 18.0. The summed E-state index contributed by atoms with van der Waals surface area (Å²) < 4.78 is 0. The summed E-state index contributed by atoms with van der Waals surface area (Å²) in [6.45, 7) is 1.51. The molecule has 0 spiro atoms. The molecular formula is C16H18N2O2. The van der Waals surface area contributed by atoms with E-state index >= 15 is 0 Å². The molecule has 1 fully saturated rings. The van der Waals surface area contributed by atoms with Gasteiger partial charge in [0, 0.05) is 25.8 Å². The minimum Gasteiger partial charge on any atom is -0.396 e. The summed E-state index contributed by atoms with van der Waals surface area (Å²) in [4.78, 5) is 13.9. The number of nitrogens with zero attached hydrogens (tertiary/aromatic N) is 2. The number of aliphatic hydroxyl groups is 1. The van der Waals surface area contributed by atoms with Crippen LogP contribution in [0.1, 0.15) is 24.0 Å². The highest BCUT2D eigenvalue weighted by molar-refractivity contribution is 5.91. The molecule has 4 heteroatoms. The molecule has 2 rings (SSSR count). The van der Waals surface area contributed by atoms with Crippen molar-refractivity contribution in [3.63, 3.8) is 0 Å². The number of rotatable bonds is 3. The van der Waals surface area contributed by atoms with Crippen LogP contribution in [0.2, 0.25) is 0 Å². The van der Waals surface area contributed by atoms with E-state index in [2.05, 4.69) is 6.07 Å². The van der Waals surface area contributed by atoms with Crippen LogP contribution >= 0.6 is 0 Å². The van der Waals surface area contributed by atoms with Gasteiger partial charge in [-0.05, 0) is 42.5 Å². The van der Waals surface area contributed by atoms with Crippen molar-refractivity contribution in [2.75, 3.05) is 19.7 Å². The first-order chi connectivity index (χ1) is 9.72. The Labute approximate surface area is 118 Å². The summed E-state index contributed by atoms with van der Waals surface area (Å²) in [7, 11) is 0. The standard InChI is InChI=1S/C16H18N2O2/c17-10-14-4-1-3-13(9-14)6-7-16(20)18-8-2-5-15(11-18)12-19/h1,3-4,6-7,9,15,19H,2,5,8,11-12H2/b7-6+. The third-order valence-corrected chi connectivity index (χ3v) is 3.52. The third-order valence-electron chi connectivity index (χ3n) is 3.52. The molecule has 1 aromatic rings. The summed E-state index contributed by atoms with van der Waals surface area (Å²) in [5.41, 5.74) is 1.42. The molecule has 1 N–H and O–H groups in total. The van der Waals surface area contributed by atoms with E-state index in [4.69, 9.17) is 10.4 Å². The van der Waals surface area contributed by atoms with E-state index in [9.17, 15) is 4.79 Å². The van der Waals surface area contributed by atoms with E-state index in [1.807, 2.05) is 6.07 Å². The van der Waals surface area contributed by atoms with Gasteiger partial charge in [-0.15, -0.1) is 0 Å². The van der Waals surface area contributed by atoms with E-state index in [-0.39, 0.29) is 18.4 Å². The Bertz CT molecular complexity index is 546. The molecule has 0 radical (unpaired) electrons. The van der Waals surface area contributed by atoms with Crippen molar-refractivity contribution < 1.29 is 9.90 Å². The Morgan fingerprint density at radius 1 is 1.55 bits per heavy atom. The van der Waals surface area contributed by atoms with Crippen LogP contribution in [0.5, 0.6) is 0 Å². The van der Waals surface area contributed by atoms with Crippen molar-refractivity contribution in [1.82, 2.24) is 4.90 Å². The van der Waals surface area contributed by atoms with Crippen LogP contribution < -0.4 is 0 Å². The summed E-state index contributed by atoms with van der Waals surface area (Å²) in [6, 6.07) is 9.21. The molecule has 1 atom stereocenters. The molecule has 0 aromatic heterocycles. The monoisotopic (exact) mass is 270 g/mol. The van der Waals surface area contributed by atoms with Crippen LogP contribution in [-0.2, 0) is 4.79 Å². The second-order valence-corrected chi connectivity index (χ2v) is 5.05. The SMILES string of the molecule is N#Cc1cccc(/C=C/C(=O)N2CCCC(CO)C2)c1. The van der Waals surface area contributed by atoms with Crippen LogP contribution in [0.3, 0.4) is 0 Å². The Kier molecular flexibility index (Phi) is 4.91. The van der Waals surface area contributed by atoms with Gasteiger partial charge in [0.25, 0.3) is 0 Å². The topological polar surface area (TPSA) is 64.3 Å². The quantitative estimate of drug-likeness (QED) is 0.852. The third kappa shape index (κ3) is 3.69. The molecule has 4 nitrogen and oxygen atoms in total. The molecule has 0 aliphatic carbocycles. The van der Waals surface area contributed by atoms with Crippen molar-refractivity contribution in [2.45, 2.75) is 12.8 Å². The number of amides is 1. The number of aliphatic hydroxyl groups excluding tert-OH is 1. The van der Waals surface area contributed by atoms with Gasteiger partial charge in [0.05, 0.1) is 11.6 Å². The number of likely N-dealkylation sites (tertiary alicyclic amines) is 1. The van der Waals surface area contributed by atoms with Crippen molar-refractivity contribution in [1.29, 1.82) is 5.26 Å². The lowest BCUT2D eigenvalue weighted by molar-refractivity contribution is -0.127. The second kappa shape index (κ2) is 6.88. The van der Waals surface area contributed by atoms with E-state index in [1.54, 1.807) is 29.2 Å². The molecule has 104 valence electrons. The maximum absolute atomic E-state index is 12.1. The van der Waals surface area contributed by atoms with E-state index in [1.165, 1.54) is 6.08 Å². The number of hydrogen-bond acceptors (Lipinski definition) is 3. The lowest BCUT2D eigenvalue weighted by Gasteiger charge is -2.31. The molecule has 20 heavy (non-hydrogen) atoms. The Morgan fingerprint density at radius 3 is 3.15 bits per heavy atom. The second-order valence-electron chi connectivity index (χ2n) is 5.05. The van der Waals surface area contributed by atoms with Gasteiger partial charge >= 0.3 is 0 Å². The zero-order valence-corrected chi connectivity index (χ0v) is 11.3. The molecule has 0 saturated carbocycles. The highest BCUT2D eigenvalue weighted by atomic mass is 16.3. The van der Waals surface area contributed by atoms with Gasteiger partial charge in [-0.2, -0.15) is 5.26 Å². The van der Waals surface area contributed by atoms with Crippen molar-refractivity contribution in [3.8, 4) is 6.07 Å². The van der Waals surface area contributed by atoms with Gasteiger partial charge in [0.15, 0.2) is 0 Å². The van der Waals surface area contributed by atoms with Crippen LogP contribution in [0.25, 0.3) is 6.08 Å². The molecule has 1 aromatic carbocycles. The number of nitriles is 1. The van der Waals surface area contributed by atoms with Gasteiger partial charge in [-0.1, -0.05) is 12.1 Å². The number of carbonyl (C=O) groups is 1. The fourth-order valence-electron chi connectivity index (χ4n) is 2.40. The Balaban J connectivity index is 1.99. The smallest absolute Gasteiger partial charge is 0.246 e. The summed E-state index contributed by atoms with van der Waals surface area (Å²) >= 11 is 0. The van der Waals surface area contributed by atoms with E-state index < -0.39 is 0 Å². The average molecular weight is 270 g/mol. The lowest BCUT2D eigenvalue weighted by atomic mass is 9.99. The van der Waals surface area contributed by atoms with E-state index in [0.717, 1.165) is 24.9 Å². The Morgan fingerprint density at radius 2 is 2.40 bits per heavy atom. The van der Waals surface area contributed by atoms with Gasteiger partial charge in [0.2, 0.25) is 5.91 Å². The predicted molar refractivity (Wildman–Crippen MR) is 76.6 cm³/mol. The fourth-order valence-corrected chi connectivity index (χ4v) is 2.40. The average Bonchev–Trinajstić information content (AvgIpc) is 2.52. The number of carbonyl (C=O) groups excluding carboxylic acids is 1. The van der Waals surface area contributed by atoms with E-state index in [0.29, 0.717) is 12.1 Å². The maximum Gasteiger partial charge on any atom is 0.246 e. The van der Waals surface area contributed by atoms with Crippen molar-refractivity contribution >= 4 is 12.0 Å². The molecule has 1 aliphatic rings. The number of hydrogen-bond donors (Lipinski definition) is 1. The first-order valence-corrected chi connectivity index (χ1v) is 6.81. The lowest BCUT2D eigenvalue weighted by Crippen LogP contribution is -2.40. The summed E-state index contributed by atoms with van der Waals surface area (Å²) in [6.07, 6.45) is 5.19.